The summed E-state index contributed by atoms with van der Waals surface area (Å²) in [4.78, 5) is 18.7. The molecule has 2 heterocycles. The Morgan fingerprint density at radius 2 is 2.29 bits per heavy atom. The summed E-state index contributed by atoms with van der Waals surface area (Å²) >= 11 is 1.56. The predicted octanol–water partition coefficient (Wildman–Crippen LogP) is 2.41. The molecule has 0 aliphatic carbocycles. The van der Waals surface area contributed by atoms with Crippen molar-refractivity contribution in [2.45, 2.75) is 13.0 Å². The Hall–Kier alpha value is -1.95. The number of rotatable bonds is 4. The van der Waals surface area contributed by atoms with Crippen molar-refractivity contribution in [3.05, 3.63) is 40.6 Å². The van der Waals surface area contributed by atoms with Gasteiger partial charge in [-0.15, -0.1) is 11.3 Å². The normalized spacial score (nSPS) is 12.1. The topological polar surface area (TPSA) is 75.1 Å². The van der Waals surface area contributed by atoms with Crippen LogP contribution in [0.5, 0.6) is 0 Å². The molecule has 1 atom stereocenters. The second kappa shape index (κ2) is 4.92. The van der Waals surface area contributed by atoms with E-state index in [0.717, 1.165) is 10.7 Å². The number of hydrogen-bond acceptors (Lipinski definition) is 5. The average Bonchev–Trinajstić information content (AvgIpc) is 2.82. The Morgan fingerprint density at radius 1 is 1.47 bits per heavy atom. The lowest BCUT2D eigenvalue weighted by Crippen LogP contribution is -2.08. The van der Waals surface area contributed by atoms with E-state index in [1.807, 2.05) is 12.3 Å². The molecule has 0 bridgehead atoms. The van der Waals surface area contributed by atoms with Gasteiger partial charge in [0, 0.05) is 23.5 Å². The Balaban J connectivity index is 2.13. The van der Waals surface area contributed by atoms with E-state index >= 15 is 0 Å². The number of nitrogens with one attached hydrogen (secondary N) is 1. The van der Waals surface area contributed by atoms with Crippen LogP contribution < -0.4 is 5.32 Å². The SMILES string of the molecule is CC(Nc1ccnc(C(=O)O)c1)c1nccs1. The van der Waals surface area contributed by atoms with Crippen molar-refractivity contribution in [2.24, 2.45) is 0 Å². The number of carboxylic acid groups (broad SMARTS) is 1. The van der Waals surface area contributed by atoms with Crippen LogP contribution in [-0.4, -0.2) is 21.0 Å². The van der Waals surface area contributed by atoms with Gasteiger partial charge in [-0.25, -0.2) is 14.8 Å². The largest absolute Gasteiger partial charge is 0.477 e. The van der Waals surface area contributed by atoms with E-state index in [2.05, 4.69) is 15.3 Å². The fourth-order valence-corrected chi connectivity index (χ4v) is 2.04. The minimum Gasteiger partial charge on any atom is -0.477 e. The molecule has 0 spiro atoms. The maximum Gasteiger partial charge on any atom is 0.354 e. The van der Waals surface area contributed by atoms with Crippen LogP contribution in [0.15, 0.2) is 29.9 Å². The van der Waals surface area contributed by atoms with Gasteiger partial charge < -0.3 is 10.4 Å². The van der Waals surface area contributed by atoms with Crippen molar-refractivity contribution in [1.29, 1.82) is 0 Å². The number of aromatic nitrogens is 2. The van der Waals surface area contributed by atoms with Gasteiger partial charge in [0.2, 0.25) is 0 Å². The number of nitrogens with zero attached hydrogens (tertiary/aromatic N) is 2. The minimum atomic E-state index is -1.03. The van der Waals surface area contributed by atoms with E-state index in [-0.39, 0.29) is 11.7 Å². The van der Waals surface area contributed by atoms with Crippen LogP contribution in [0.2, 0.25) is 0 Å². The molecule has 0 saturated heterocycles. The molecule has 88 valence electrons. The number of hydrogen-bond donors (Lipinski definition) is 2. The molecule has 6 heteroatoms. The highest BCUT2D eigenvalue weighted by Gasteiger charge is 2.09. The number of thiazole rings is 1. The average molecular weight is 249 g/mol. The minimum absolute atomic E-state index is 0.0290. The second-order valence-corrected chi connectivity index (χ2v) is 4.40. The molecule has 0 radical (unpaired) electrons. The van der Waals surface area contributed by atoms with Gasteiger partial charge in [0.05, 0.1) is 6.04 Å². The van der Waals surface area contributed by atoms with Crippen molar-refractivity contribution < 1.29 is 9.90 Å². The predicted molar refractivity (Wildman–Crippen MR) is 65.3 cm³/mol. The molecule has 17 heavy (non-hydrogen) atoms. The molecule has 0 aromatic carbocycles. The van der Waals surface area contributed by atoms with Gasteiger partial charge in [-0.1, -0.05) is 0 Å². The smallest absolute Gasteiger partial charge is 0.354 e. The van der Waals surface area contributed by atoms with Gasteiger partial charge in [-0.05, 0) is 19.1 Å². The van der Waals surface area contributed by atoms with Gasteiger partial charge in [0.15, 0.2) is 0 Å². The monoisotopic (exact) mass is 249 g/mol. The summed E-state index contributed by atoms with van der Waals surface area (Å²) < 4.78 is 0. The fraction of sp³-hybridized carbons (Fsp3) is 0.182. The number of pyridine rings is 1. The Bertz CT molecular complexity index is 513. The highest BCUT2D eigenvalue weighted by Crippen LogP contribution is 2.20. The molecule has 0 saturated carbocycles. The summed E-state index contributed by atoms with van der Waals surface area (Å²) in [7, 11) is 0. The van der Waals surface area contributed by atoms with Gasteiger partial charge in [-0.3, -0.25) is 0 Å². The van der Waals surface area contributed by atoms with E-state index in [1.54, 1.807) is 23.6 Å². The lowest BCUT2D eigenvalue weighted by Gasteiger charge is -2.12. The zero-order chi connectivity index (χ0) is 12.3. The van der Waals surface area contributed by atoms with Gasteiger partial charge in [0.1, 0.15) is 10.7 Å². The molecule has 5 nitrogen and oxygen atoms in total. The second-order valence-electron chi connectivity index (χ2n) is 3.47. The number of anilines is 1. The first kappa shape index (κ1) is 11.5. The Morgan fingerprint density at radius 3 is 2.94 bits per heavy atom. The van der Waals surface area contributed by atoms with Crippen LogP contribution in [0.4, 0.5) is 5.69 Å². The van der Waals surface area contributed by atoms with Crippen LogP contribution >= 0.6 is 11.3 Å². The molecule has 0 aliphatic rings. The molecule has 2 aromatic heterocycles. The molecule has 2 rings (SSSR count). The molecule has 0 fully saturated rings. The molecule has 0 aliphatic heterocycles. The molecular formula is C11H11N3O2S. The van der Waals surface area contributed by atoms with Crippen LogP contribution in [-0.2, 0) is 0 Å². The highest BCUT2D eigenvalue weighted by atomic mass is 32.1. The number of carbonyl (C=O) groups is 1. The zero-order valence-corrected chi connectivity index (χ0v) is 9.94. The number of carboxylic acids is 1. The van der Waals surface area contributed by atoms with Crippen molar-refractivity contribution in [1.82, 2.24) is 9.97 Å². The first-order chi connectivity index (χ1) is 8.16. The van der Waals surface area contributed by atoms with E-state index < -0.39 is 5.97 Å². The van der Waals surface area contributed by atoms with Gasteiger partial charge in [0.25, 0.3) is 0 Å². The van der Waals surface area contributed by atoms with E-state index in [1.165, 1.54) is 12.3 Å². The van der Waals surface area contributed by atoms with E-state index in [0.29, 0.717) is 0 Å². The highest BCUT2D eigenvalue weighted by molar-refractivity contribution is 7.09. The molecule has 0 amide bonds. The van der Waals surface area contributed by atoms with Crippen LogP contribution in [0.25, 0.3) is 0 Å². The first-order valence-corrected chi connectivity index (χ1v) is 5.90. The maximum atomic E-state index is 10.8. The van der Waals surface area contributed by atoms with Gasteiger partial charge in [-0.2, -0.15) is 0 Å². The standard InChI is InChI=1S/C11H11N3O2S/c1-7(10-13-4-5-17-10)14-8-2-3-12-9(6-8)11(15)16/h2-7H,1H3,(H,12,14)(H,15,16). The lowest BCUT2D eigenvalue weighted by molar-refractivity contribution is 0.0690. The number of aromatic carboxylic acids is 1. The summed E-state index contributed by atoms with van der Waals surface area (Å²) in [6.45, 7) is 1.97. The van der Waals surface area contributed by atoms with Crippen LogP contribution in [0, 0.1) is 0 Å². The van der Waals surface area contributed by atoms with Crippen molar-refractivity contribution in [3.8, 4) is 0 Å². The van der Waals surface area contributed by atoms with Crippen LogP contribution in [0.1, 0.15) is 28.5 Å². The summed E-state index contributed by atoms with van der Waals surface area (Å²) in [5.74, 6) is -1.03. The summed E-state index contributed by atoms with van der Waals surface area (Å²) in [6, 6.07) is 3.28. The van der Waals surface area contributed by atoms with E-state index in [9.17, 15) is 4.79 Å². The molecule has 2 aromatic rings. The summed E-state index contributed by atoms with van der Waals surface area (Å²) in [5.41, 5.74) is 0.751. The van der Waals surface area contributed by atoms with Crippen LogP contribution in [0.3, 0.4) is 0 Å². The first-order valence-electron chi connectivity index (χ1n) is 5.02. The third kappa shape index (κ3) is 2.79. The third-order valence-corrected chi connectivity index (χ3v) is 3.14. The maximum absolute atomic E-state index is 10.8. The lowest BCUT2D eigenvalue weighted by atomic mass is 10.2. The van der Waals surface area contributed by atoms with Crippen molar-refractivity contribution in [2.75, 3.05) is 5.32 Å². The van der Waals surface area contributed by atoms with Gasteiger partial charge >= 0.3 is 5.97 Å². The van der Waals surface area contributed by atoms with Crippen molar-refractivity contribution >= 4 is 23.0 Å². The quantitative estimate of drug-likeness (QED) is 0.870. The third-order valence-electron chi connectivity index (χ3n) is 2.18. The summed E-state index contributed by atoms with van der Waals surface area (Å²) in [6.07, 6.45) is 3.22. The molecule has 1 unspecified atom stereocenters. The molecular weight excluding hydrogens is 238 g/mol. The Labute approximate surface area is 102 Å². The van der Waals surface area contributed by atoms with Crippen molar-refractivity contribution in [3.63, 3.8) is 0 Å². The van der Waals surface area contributed by atoms with E-state index in [4.69, 9.17) is 5.11 Å². The zero-order valence-electron chi connectivity index (χ0n) is 9.12. The summed E-state index contributed by atoms with van der Waals surface area (Å²) in [5, 5.41) is 14.9. The fourth-order valence-electron chi connectivity index (χ4n) is 1.40. The Kier molecular flexibility index (Phi) is 3.34. The molecule has 2 N–H and O–H groups in total.